The van der Waals surface area contributed by atoms with E-state index in [0.717, 1.165) is 5.70 Å². The number of fused-ring (bicyclic) bond motifs is 1. The molecule has 1 N–H and O–H groups in total. The van der Waals surface area contributed by atoms with Crippen LogP contribution in [0.3, 0.4) is 0 Å². The third-order valence-corrected chi connectivity index (χ3v) is 4.45. The van der Waals surface area contributed by atoms with E-state index in [0.29, 0.717) is 4.73 Å². The number of rotatable bonds is 3. The fraction of sp³-hybridized carbons (Fsp3) is 0.211. The summed E-state index contributed by atoms with van der Waals surface area (Å²) in [6, 6.07) is 11.3. The van der Waals surface area contributed by atoms with E-state index in [2.05, 4.69) is 41.4 Å². The van der Waals surface area contributed by atoms with Gasteiger partial charge in [0.1, 0.15) is 5.56 Å². The van der Waals surface area contributed by atoms with Crippen LogP contribution in [0.4, 0.5) is 5.69 Å². The smallest absolute Gasteiger partial charge is 0.277 e. The Hall–Kier alpha value is -3.15. The number of hydrogen-bond acceptors (Lipinski definition) is 4. The van der Waals surface area contributed by atoms with E-state index in [1.54, 1.807) is 12.3 Å². The number of pyridine rings is 1. The molecule has 1 amide bonds. The summed E-state index contributed by atoms with van der Waals surface area (Å²) >= 11 is 0. The third-order valence-electron chi connectivity index (χ3n) is 4.45. The lowest BCUT2D eigenvalue weighted by atomic mass is 9.84. The summed E-state index contributed by atoms with van der Waals surface area (Å²) in [5, 5.41) is 15.2. The average molecular weight is 336 g/mol. The number of carbonyl (C=O) groups is 1. The van der Waals surface area contributed by atoms with E-state index >= 15 is 0 Å². The number of aromatic nitrogens is 1. The van der Waals surface area contributed by atoms with Gasteiger partial charge in [-0.25, -0.2) is 5.43 Å². The molecule has 0 spiro atoms. The summed E-state index contributed by atoms with van der Waals surface area (Å²) in [6.07, 6.45) is 5.97. The molecule has 0 saturated heterocycles. The highest BCUT2D eigenvalue weighted by Crippen LogP contribution is 2.46. The van der Waals surface area contributed by atoms with Crippen LogP contribution in [0.25, 0.3) is 0 Å². The number of carbonyl (C=O) groups excluding carboxylic acids is 1. The summed E-state index contributed by atoms with van der Waals surface area (Å²) < 4.78 is 0.577. The molecule has 0 atom stereocenters. The minimum absolute atomic E-state index is 0.144. The van der Waals surface area contributed by atoms with E-state index < -0.39 is 5.91 Å². The molecule has 2 heterocycles. The first-order valence-electron chi connectivity index (χ1n) is 7.97. The monoisotopic (exact) mass is 336 g/mol. The number of amides is 1. The van der Waals surface area contributed by atoms with Crippen molar-refractivity contribution in [3.05, 3.63) is 76.9 Å². The van der Waals surface area contributed by atoms with Gasteiger partial charge in [-0.2, -0.15) is 9.83 Å². The Labute approximate surface area is 146 Å². The van der Waals surface area contributed by atoms with Crippen LogP contribution in [-0.4, -0.2) is 19.2 Å². The van der Waals surface area contributed by atoms with Gasteiger partial charge in [-0.3, -0.25) is 4.79 Å². The minimum Gasteiger partial charge on any atom is -0.619 e. The molecule has 6 heteroatoms. The van der Waals surface area contributed by atoms with E-state index in [4.69, 9.17) is 0 Å². The van der Waals surface area contributed by atoms with Gasteiger partial charge in [-0.15, -0.1) is 0 Å². The van der Waals surface area contributed by atoms with Crippen molar-refractivity contribution in [3.63, 3.8) is 0 Å². The van der Waals surface area contributed by atoms with Crippen LogP contribution >= 0.6 is 0 Å². The fourth-order valence-corrected chi connectivity index (χ4v) is 3.16. The Balaban J connectivity index is 1.74. The summed E-state index contributed by atoms with van der Waals surface area (Å²) in [4.78, 5) is 14.1. The number of anilines is 1. The molecule has 3 rings (SSSR count). The van der Waals surface area contributed by atoms with Crippen LogP contribution in [0.15, 0.2) is 65.7 Å². The Morgan fingerprint density at radius 2 is 2.04 bits per heavy atom. The topological polar surface area (TPSA) is 71.6 Å². The molecule has 25 heavy (non-hydrogen) atoms. The Morgan fingerprint density at radius 1 is 1.28 bits per heavy atom. The van der Waals surface area contributed by atoms with Gasteiger partial charge in [-0.05, 0) is 23.8 Å². The van der Waals surface area contributed by atoms with Crippen LogP contribution in [0.1, 0.15) is 29.8 Å². The standard InChI is InChI=1S/C19H20N4O2/c1-19(2)15-8-4-5-9-16(15)22(3)17(19)10-11-20-21-18(24)14-7-6-12-23(25)13-14/h4-13H,1-3H3,(H,21,24)/b17-10+,20-11-. The number of para-hydroxylation sites is 1. The summed E-state index contributed by atoms with van der Waals surface area (Å²) in [7, 11) is 2.02. The first kappa shape index (κ1) is 16.7. The first-order chi connectivity index (χ1) is 11.9. The second-order valence-corrected chi connectivity index (χ2v) is 6.42. The van der Waals surface area contributed by atoms with Crippen LogP contribution in [0.2, 0.25) is 0 Å². The van der Waals surface area contributed by atoms with E-state index in [-0.39, 0.29) is 11.0 Å². The zero-order valence-corrected chi connectivity index (χ0v) is 14.4. The molecule has 0 saturated carbocycles. The summed E-state index contributed by atoms with van der Waals surface area (Å²) in [6.45, 7) is 4.31. The molecule has 1 aromatic heterocycles. The van der Waals surface area contributed by atoms with Gasteiger partial charge in [0.05, 0.1) is 0 Å². The molecular weight excluding hydrogens is 316 g/mol. The van der Waals surface area contributed by atoms with Gasteiger partial charge in [-0.1, -0.05) is 32.0 Å². The summed E-state index contributed by atoms with van der Waals surface area (Å²) in [5.41, 5.74) is 6.05. The van der Waals surface area contributed by atoms with Crippen molar-refractivity contribution in [3.8, 4) is 0 Å². The first-order valence-corrected chi connectivity index (χ1v) is 7.97. The molecule has 2 aromatic rings. The van der Waals surface area contributed by atoms with Gasteiger partial charge in [0.25, 0.3) is 5.91 Å². The lowest BCUT2D eigenvalue weighted by molar-refractivity contribution is -0.605. The highest BCUT2D eigenvalue weighted by molar-refractivity contribution is 5.94. The zero-order chi connectivity index (χ0) is 18.0. The van der Waals surface area contributed by atoms with Gasteiger partial charge in [0, 0.05) is 36.1 Å². The van der Waals surface area contributed by atoms with Crippen molar-refractivity contribution in [2.45, 2.75) is 19.3 Å². The lowest BCUT2D eigenvalue weighted by Crippen LogP contribution is -2.28. The Kier molecular flexibility index (Phi) is 4.27. The summed E-state index contributed by atoms with van der Waals surface area (Å²) in [5.74, 6) is -0.429. The fourth-order valence-electron chi connectivity index (χ4n) is 3.16. The highest BCUT2D eigenvalue weighted by atomic mass is 16.5. The molecular formula is C19H20N4O2. The van der Waals surface area contributed by atoms with Crippen molar-refractivity contribution in [2.75, 3.05) is 11.9 Å². The largest absolute Gasteiger partial charge is 0.619 e. The third kappa shape index (κ3) is 3.10. The molecule has 1 aromatic carbocycles. The second kappa shape index (κ2) is 6.39. The molecule has 1 aliphatic rings. The van der Waals surface area contributed by atoms with Crippen LogP contribution in [0, 0.1) is 5.21 Å². The average Bonchev–Trinajstić information content (AvgIpc) is 2.79. The SMILES string of the molecule is CN1/C(=C/C=N\NC(=O)c2ccc[n+]([O-])c2)C(C)(C)c2ccccc21. The zero-order valence-electron chi connectivity index (χ0n) is 14.4. The quantitative estimate of drug-likeness (QED) is 0.405. The maximum Gasteiger partial charge on any atom is 0.277 e. The highest BCUT2D eigenvalue weighted by Gasteiger charge is 2.37. The molecule has 1 aliphatic heterocycles. The van der Waals surface area contributed by atoms with Crippen molar-refractivity contribution in [1.29, 1.82) is 0 Å². The second-order valence-electron chi connectivity index (χ2n) is 6.42. The number of hydrazone groups is 1. The van der Waals surface area contributed by atoms with E-state index in [1.165, 1.54) is 29.7 Å². The normalized spacial score (nSPS) is 17.1. The Bertz CT molecular complexity index is 871. The number of nitrogens with one attached hydrogen (secondary N) is 1. The number of allylic oxidation sites excluding steroid dienone is 2. The van der Waals surface area contributed by atoms with Gasteiger partial charge < -0.3 is 10.1 Å². The molecule has 0 bridgehead atoms. The Morgan fingerprint density at radius 3 is 2.76 bits per heavy atom. The molecule has 0 aliphatic carbocycles. The number of hydrogen-bond donors (Lipinski definition) is 1. The maximum absolute atomic E-state index is 12.0. The van der Waals surface area contributed by atoms with Crippen molar-refractivity contribution < 1.29 is 9.52 Å². The van der Waals surface area contributed by atoms with E-state index in [9.17, 15) is 10.0 Å². The predicted octanol–water partition coefficient (Wildman–Crippen LogP) is 2.35. The molecule has 128 valence electrons. The molecule has 0 radical (unpaired) electrons. The predicted molar refractivity (Wildman–Crippen MR) is 97.3 cm³/mol. The van der Waals surface area contributed by atoms with E-state index in [1.807, 2.05) is 25.3 Å². The molecule has 0 fully saturated rings. The minimum atomic E-state index is -0.429. The van der Waals surface area contributed by atoms with Gasteiger partial charge in [0.2, 0.25) is 0 Å². The van der Waals surface area contributed by atoms with Gasteiger partial charge >= 0.3 is 0 Å². The maximum atomic E-state index is 12.0. The van der Waals surface area contributed by atoms with Crippen molar-refractivity contribution in [2.24, 2.45) is 5.10 Å². The van der Waals surface area contributed by atoms with Crippen molar-refractivity contribution >= 4 is 17.8 Å². The van der Waals surface area contributed by atoms with Crippen LogP contribution in [-0.2, 0) is 5.41 Å². The number of likely N-dealkylation sites (N-methyl/N-ethyl adjacent to an activating group) is 1. The van der Waals surface area contributed by atoms with Crippen LogP contribution < -0.4 is 15.1 Å². The molecule has 6 nitrogen and oxygen atoms in total. The van der Waals surface area contributed by atoms with Gasteiger partial charge in [0.15, 0.2) is 12.4 Å². The number of nitrogens with zero attached hydrogens (tertiary/aromatic N) is 3. The molecule has 0 unspecified atom stereocenters. The number of benzene rings is 1. The van der Waals surface area contributed by atoms with Crippen LogP contribution in [0.5, 0.6) is 0 Å². The lowest BCUT2D eigenvalue weighted by Gasteiger charge is -2.23. The van der Waals surface area contributed by atoms with Crippen molar-refractivity contribution in [1.82, 2.24) is 5.43 Å².